The number of hydrogen-bond donors (Lipinski definition) is 1. The summed E-state index contributed by atoms with van der Waals surface area (Å²) < 4.78 is 69.3. The van der Waals surface area contributed by atoms with E-state index < -0.39 is 27.4 Å². The summed E-state index contributed by atoms with van der Waals surface area (Å²) in [7, 11) is -5.85. The molecule has 1 aliphatic rings. The van der Waals surface area contributed by atoms with Gasteiger partial charge in [-0.1, -0.05) is 18.2 Å². The Morgan fingerprint density at radius 1 is 1.26 bits per heavy atom. The summed E-state index contributed by atoms with van der Waals surface area (Å²) in [4.78, 5) is 13.6. The van der Waals surface area contributed by atoms with Gasteiger partial charge in [0.05, 0.1) is 12.1 Å². The minimum Gasteiger partial charge on any atom is -0.484 e. The summed E-state index contributed by atoms with van der Waals surface area (Å²) in [6.45, 7) is -0.141. The molecule has 1 N–H and O–H groups in total. The van der Waals surface area contributed by atoms with E-state index in [1.54, 1.807) is 30.3 Å². The van der Waals surface area contributed by atoms with Gasteiger partial charge in [-0.2, -0.15) is 21.6 Å². The number of para-hydroxylation sites is 1. The van der Waals surface area contributed by atoms with E-state index in [1.165, 1.54) is 4.90 Å². The fourth-order valence-electron chi connectivity index (χ4n) is 2.45. The standard InChI is InChI=1S/C15H14F3N3O5S/c16-15(17,18)27(23,24)26-14-11-8-21(7-6-12(11)19-20-14)13(22)9-25-10-4-2-1-3-5-10/h1-5H,6-9H2,(H,19,20). The number of nitrogens with one attached hydrogen (secondary N) is 1. The van der Waals surface area contributed by atoms with Crippen LogP contribution in [0, 0.1) is 0 Å². The molecule has 0 fully saturated rings. The SMILES string of the molecule is O=C(COc1ccccc1)N1CCc2[nH]nc(OS(=O)(=O)C(F)(F)F)c2C1. The summed E-state index contributed by atoms with van der Waals surface area (Å²) >= 11 is 0. The molecule has 1 aromatic heterocycles. The van der Waals surface area contributed by atoms with Crippen LogP contribution in [-0.2, 0) is 27.9 Å². The second-order valence-corrected chi connectivity index (χ2v) is 7.17. The van der Waals surface area contributed by atoms with Gasteiger partial charge in [0.2, 0.25) is 0 Å². The van der Waals surface area contributed by atoms with Gasteiger partial charge in [0, 0.05) is 18.7 Å². The van der Waals surface area contributed by atoms with E-state index in [0.717, 1.165) is 0 Å². The van der Waals surface area contributed by atoms with E-state index in [9.17, 15) is 26.4 Å². The van der Waals surface area contributed by atoms with Crippen LogP contribution in [0.1, 0.15) is 11.3 Å². The van der Waals surface area contributed by atoms with Crippen LogP contribution < -0.4 is 8.92 Å². The van der Waals surface area contributed by atoms with E-state index >= 15 is 0 Å². The van der Waals surface area contributed by atoms with Gasteiger partial charge in [-0.05, 0) is 12.1 Å². The Labute approximate surface area is 152 Å². The molecule has 0 saturated carbocycles. The van der Waals surface area contributed by atoms with Crippen LogP contribution in [0.15, 0.2) is 30.3 Å². The number of aromatic nitrogens is 2. The molecular formula is C15H14F3N3O5S. The quantitative estimate of drug-likeness (QED) is 0.599. The number of nitrogens with zero attached hydrogens (tertiary/aromatic N) is 2. The highest BCUT2D eigenvalue weighted by Crippen LogP contribution is 2.31. The number of benzene rings is 1. The lowest BCUT2D eigenvalue weighted by Gasteiger charge is -2.26. The third kappa shape index (κ3) is 4.15. The molecule has 2 aromatic rings. The van der Waals surface area contributed by atoms with E-state index in [0.29, 0.717) is 11.4 Å². The summed E-state index contributed by atoms with van der Waals surface area (Å²) in [6, 6.07) is 8.61. The number of ether oxygens (including phenoxy) is 1. The number of carbonyl (C=O) groups is 1. The molecule has 27 heavy (non-hydrogen) atoms. The van der Waals surface area contributed by atoms with Gasteiger partial charge >= 0.3 is 15.6 Å². The van der Waals surface area contributed by atoms with E-state index in [2.05, 4.69) is 14.4 Å². The molecule has 12 heteroatoms. The molecule has 0 spiro atoms. The van der Waals surface area contributed by atoms with E-state index in [4.69, 9.17) is 4.74 Å². The van der Waals surface area contributed by atoms with Gasteiger partial charge < -0.3 is 13.8 Å². The van der Waals surface area contributed by atoms with Crippen molar-refractivity contribution in [3.05, 3.63) is 41.6 Å². The summed E-state index contributed by atoms with van der Waals surface area (Å²) in [5.41, 5.74) is -5.08. The lowest BCUT2D eigenvalue weighted by atomic mass is 10.1. The lowest BCUT2D eigenvalue weighted by Crippen LogP contribution is -2.39. The van der Waals surface area contributed by atoms with Crippen LogP contribution >= 0.6 is 0 Å². The molecule has 0 radical (unpaired) electrons. The molecule has 0 bridgehead atoms. The van der Waals surface area contributed by atoms with Crippen molar-refractivity contribution < 1.29 is 35.3 Å². The monoisotopic (exact) mass is 405 g/mol. The first kappa shape index (κ1) is 19.0. The second kappa shape index (κ2) is 7.10. The molecule has 0 atom stereocenters. The summed E-state index contributed by atoms with van der Waals surface area (Å²) in [5.74, 6) is -0.633. The minimum atomic E-state index is -5.85. The zero-order valence-corrected chi connectivity index (χ0v) is 14.5. The molecule has 146 valence electrons. The highest BCUT2D eigenvalue weighted by molar-refractivity contribution is 7.87. The van der Waals surface area contributed by atoms with Crippen LogP contribution in [0.4, 0.5) is 13.2 Å². The number of H-pyrrole nitrogens is 1. The molecule has 0 aliphatic carbocycles. The Hall–Kier alpha value is -2.76. The normalized spacial score (nSPS) is 14.6. The fourth-order valence-corrected chi connectivity index (χ4v) is 2.90. The van der Waals surface area contributed by atoms with Crippen LogP contribution in [0.25, 0.3) is 0 Å². The minimum absolute atomic E-state index is 0.0853. The smallest absolute Gasteiger partial charge is 0.484 e. The molecular weight excluding hydrogens is 391 g/mol. The van der Waals surface area contributed by atoms with Crippen molar-refractivity contribution in [2.24, 2.45) is 0 Å². The fraction of sp³-hybridized carbons (Fsp3) is 0.333. The Morgan fingerprint density at radius 3 is 2.63 bits per heavy atom. The number of carbonyl (C=O) groups excluding carboxylic acids is 1. The maximum absolute atomic E-state index is 12.5. The number of amides is 1. The third-order valence-corrected chi connectivity index (χ3v) is 4.77. The Bertz CT molecular complexity index is 928. The summed E-state index contributed by atoms with van der Waals surface area (Å²) in [6.07, 6.45) is 0.259. The Balaban J connectivity index is 1.69. The van der Waals surface area contributed by atoms with Crippen molar-refractivity contribution in [1.82, 2.24) is 15.1 Å². The molecule has 8 nitrogen and oxygen atoms in total. The average molecular weight is 405 g/mol. The van der Waals surface area contributed by atoms with Gasteiger partial charge in [0.15, 0.2) is 6.61 Å². The molecule has 3 rings (SSSR count). The van der Waals surface area contributed by atoms with Crippen LogP contribution in [0.3, 0.4) is 0 Å². The van der Waals surface area contributed by atoms with E-state index in [-0.39, 0.29) is 31.7 Å². The third-order valence-electron chi connectivity index (χ3n) is 3.83. The number of alkyl halides is 3. The highest BCUT2D eigenvalue weighted by Gasteiger charge is 2.49. The summed E-state index contributed by atoms with van der Waals surface area (Å²) in [5, 5.41) is 5.93. The number of aromatic amines is 1. The second-order valence-electron chi connectivity index (χ2n) is 5.64. The zero-order valence-electron chi connectivity index (χ0n) is 13.7. The first-order valence-corrected chi connectivity index (χ1v) is 9.10. The van der Waals surface area contributed by atoms with E-state index in [1.807, 2.05) is 0 Å². The number of hydrogen-bond acceptors (Lipinski definition) is 6. The predicted octanol–water partition coefficient (Wildman–Crippen LogP) is 1.60. The van der Waals surface area contributed by atoms with Crippen molar-refractivity contribution in [2.45, 2.75) is 18.5 Å². The highest BCUT2D eigenvalue weighted by atomic mass is 32.2. The molecule has 2 heterocycles. The first-order valence-electron chi connectivity index (χ1n) is 7.70. The predicted molar refractivity (Wildman–Crippen MR) is 85.2 cm³/mol. The molecule has 1 aliphatic heterocycles. The lowest BCUT2D eigenvalue weighted by molar-refractivity contribution is -0.134. The number of rotatable bonds is 5. The van der Waals surface area contributed by atoms with Crippen LogP contribution in [-0.4, -0.2) is 48.1 Å². The largest absolute Gasteiger partial charge is 0.534 e. The van der Waals surface area contributed by atoms with Crippen molar-refractivity contribution in [3.63, 3.8) is 0 Å². The van der Waals surface area contributed by atoms with Gasteiger partial charge in [-0.25, -0.2) is 0 Å². The molecule has 1 amide bonds. The van der Waals surface area contributed by atoms with Crippen molar-refractivity contribution in [2.75, 3.05) is 13.2 Å². The maximum Gasteiger partial charge on any atom is 0.534 e. The average Bonchev–Trinajstić information content (AvgIpc) is 3.01. The van der Waals surface area contributed by atoms with Crippen molar-refractivity contribution >= 4 is 16.0 Å². The Kier molecular flexibility index (Phi) is 5.00. The van der Waals surface area contributed by atoms with Gasteiger partial charge in [-0.3, -0.25) is 9.89 Å². The van der Waals surface area contributed by atoms with Gasteiger partial charge in [0.1, 0.15) is 5.75 Å². The van der Waals surface area contributed by atoms with Crippen LogP contribution in [0.5, 0.6) is 11.6 Å². The Morgan fingerprint density at radius 2 is 1.96 bits per heavy atom. The maximum atomic E-state index is 12.5. The number of fused-ring (bicyclic) bond motifs is 1. The van der Waals surface area contributed by atoms with Gasteiger partial charge in [0.25, 0.3) is 11.8 Å². The number of halogens is 3. The zero-order chi connectivity index (χ0) is 19.7. The van der Waals surface area contributed by atoms with Crippen molar-refractivity contribution in [1.29, 1.82) is 0 Å². The first-order chi connectivity index (χ1) is 12.7. The van der Waals surface area contributed by atoms with Crippen LogP contribution in [0.2, 0.25) is 0 Å². The van der Waals surface area contributed by atoms with Crippen molar-refractivity contribution in [3.8, 4) is 11.6 Å². The molecule has 1 aromatic carbocycles. The molecule has 0 unspecified atom stereocenters. The molecule has 0 saturated heterocycles. The topological polar surface area (TPSA) is 102 Å². The van der Waals surface area contributed by atoms with Gasteiger partial charge in [-0.15, -0.1) is 5.10 Å².